The Bertz CT molecular complexity index is 1930. The maximum absolute atomic E-state index is 6.25. The van der Waals surface area contributed by atoms with Crippen molar-refractivity contribution in [2.24, 2.45) is 0 Å². The summed E-state index contributed by atoms with van der Waals surface area (Å²) in [6, 6.07) is 44.1. The number of fused-ring (bicyclic) bond motifs is 1. The molecule has 0 amide bonds. The molecule has 1 aromatic heterocycles. The average molecular weight is 652 g/mol. The van der Waals surface area contributed by atoms with Gasteiger partial charge < -0.3 is 23.7 Å². The summed E-state index contributed by atoms with van der Waals surface area (Å²) in [5, 5.41) is 1.19. The Morgan fingerprint density at radius 1 is 0.571 bits per heavy atom. The highest BCUT2D eigenvalue weighted by atomic mass is 16.5. The summed E-state index contributed by atoms with van der Waals surface area (Å²) in [4.78, 5) is 4.86. The van der Waals surface area contributed by atoms with E-state index in [-0.39, 0.29) is 0 Å². The van der Waals surface area contributed by atoms with Crippen LogP contribution in [0.15, 0.2) is 127 Å². The lowest BCUT2D eigenvalue weighted by Gasteiger charge is -2.32. The fourth-order valence-corrected chi connectivity index (χ4v) is 6.56. The largest absolute Gasteiger partial charge is 0.492 e. The molecule has 1 saturated heterocycles. The Labute approximate surface area is 290 Å². The number of hydrogen-bond donors (Lipinski definition) is 0. The van der Waals surface area contributed by atoms with Gasteiger partial charge in [-0.25, -0.2) is 0 Å². The minimum absolute atomic E-state index is 0.535. The van der Waals surface area contributed by atoms with Gasteiger partial charge in [0.15, 0.2) is 0 Å². The van der Waals surface area contributed by atoms with E-state index in [0.29, 0.717) is 19.8 Å². The second-order valence-electron chi connectivity index (χ2n) is 12.9. The highest BCUT2D eigenvalue weighted by Gasteiger charge is 2.18. The third kappa shape index (κ3) is 8.16. The molecule has 0 saturated carbocycles. The first-order valence-electron chi connectivity index (χ1n) is 17.3. The van der Waals surface area contributed by atoms with Gasteiger partial charge >= 0.3 is 0 Å². The van der Waals surface area contributed by atoms with Crippen molar-refractivity contribution in [1.82, 2.24) is 14.4 Å². The summed E-state index contributed by atoms with van der Waals surface area (Å²) < 4.78 is 20.9. The molecule has 1 fully saturated rings. The normalized spacial score (nSPS) is 13.8. The molecule has 0 unspecified atom stereocenters. The van der Waals surface area contributed by atoms with Crippen LogP contribution in [-0.4, -0.2) is 60.7 Å². The third-order valence-electron chi connectivity index (χ3n) is 9.45. The topological polar surface area (TPSA) is 39.1 Å². The van der Waals surface area contributed by atoms with Gasteiger partial charge in [-0.05, 0) is 96.4 Å². The van der Waals surface area contributed by atoms with Crippen LogP contribution in [0.2, 0.25) is 0 Å². The molecule has 6 nitrogen and oxygen atoms in total. The Kier molecular flexibility index (Phi) is 10.3. The Hall–Kier alpha value is -5.04. The van der Waals surface area contributed by atoms with E-state index < -0.39 is 0 Å². The van der Waals surface area contributed by atoms with Gasteiger partial charge in [0.05, 0.1) is 5.69 Å². The second-order valence-corrected chi connectivity index (χ2v) is 12.9. The first-order valence-corrected chi connectivity index (χ1v) is 17.3. The monoisotopic (exact) mass is 651 g/mol. The summed E-state index contributed by atoms with van der Waals surface area (Å²) >= 11 is 0. The molecule has 0 bridgehead atoms. The predicted octanol–water partition coefficient (Wildman–Crippen LogP) is 8.45. The number of benzene rings is 5. The lowest BCUT2D eigenvalue weighted by molar-refractivity contribution is 0.133. The maximum atomic E-state index is 6.25. The SMILES string of the molecule is Cc1c(-c2ccc(OCc3ccccc3)cc2)n(Cc2ccc(OCCN3CCN(C)CC3)cc2)c2ccc(OCc3ccccc3)cc12. The van der Waals surface area contributed by atoms with Crippen molar-refractivity contribution in [3.8, 4) is 28.5 Å². The van der Waals surface area contributed by atoms with Crippen LogP contribution in [-0.2, 0) is 19.8 Å². The molecule has 5 aromatic carbocycles. The van der Waals surface area contributed by atoms with Gasteiger partial charge in [-0.2, -0.15) is 0 Å². The number of hydrogen-bond acceptors (Lipinski definition) is 5. The summed E-state index contributed by atoms with van der Waals surface area (Å²) in [7, 11) is 2.19. The minimum Gasteiger partial charge on any atom is -0.492 e. The molecule has 1 aliphatic heterocycles. The summed E-state index contributed by atoms with van der Waals surface area (Å²) in [6.45, 7) is 10.1. The lowest BCUT2D eigenvalue weighted by Crippen LogP contribution is -2.45. The molecule has 1 aliphatic rings. The Balaban J connectivity index is 1.11. The first-order chi connectivity index (χ1) is 24.1. The standard InChI is InChI=1S/C43H45N3O3/c1-33-41-29-40(49-32-36-11-7-4-8-12-36)21-22-42(41)46(43(33)37-15-19-39(20-16-37)48-31-35-9-5-3-6-10-35)30-34-13-17-38(18-14-34)47-28-27-45-25-23-44(2)24-26-45/h3-22,29H,23-28,30-32H2,1-2H3. The van der Waals surface area contributed by atoms with Crippen molar-refractivity contribution >= 4 is 10.9 Å². The van der Waals surface area contributed by atoms with Crippen LogP contribution in [0.25, 0.3) is 22.2 Å². The fraction of sp³-hybridized carbons (Fsp3) is 0.256. The van der Waals surface area contributed by atoms with Crippen LogP contribution in [0.4, 0.5) is 0 Å². The summed E-state index contributed by atoms with van der Waals surface area (Å²) in [5.41, 5.74) is 8.27. The number of likely N-dealkylation sites (N-methyl/N-ethyl adjacent to an activating group) is 1. The Morgan fingerprint density at radius 3 is 1.80 bits per heavy atom. The molecule has 6 aromatic rings. The number of nitrogens with zero attached hydrogens (tertiary/aromatic N) is 3. The Morgan fingerprint density at radius 2 is 1.14 bits per heavy atom. The quantitative estimate of drug-likeness (QED) is 0.125. The van der Waals surface area contributed by atoms with Gasteiger partial charge in [-0.1, -0.05) is 72.8 Å². The fourth-order valence-electron chi connectivity index (χ4n) is 6.56. The summed E-state index contributed by atoms with van der Waals surface area (Å²) in [6.07, 6.45) is 0. The minimum atomic E-state index is 0.535. The number of aromatic nitrogens is 1. The molecule has 2 heterocycles. The number of aryl methyl sites for hydroxylation is 1. The van der Waals surface area contributed by atoms with Gasteiger partial charge in [0.1, 0.15) is 37.1 Å². The van der Waals surface area contributed by atoms with E-state index >= 15 is 0 Å². The van der Waals surface area contributed by atoms with Crippen LogP contribution in [0.3, 0.4) is 0 Å². The van der Waals surface area contributed by atoms with Gasteiger partial charge in [0, 0.05) is 50.2 Å². The third-order valence-corrected chi connectivity index (χ3v) is 9.45. The second kappa shape index (κ2) is 15.5. The van der Waals surface area contributed by atoms with Gasteiger partial charge in [-0.15, -0.1) is 0 Å². The van der Waals surface area contributed by atoms with E-state index in [4.69, 9.17) is 14.2 Å². The molecule has 0 spiro atoms. The summed E-state index contributed by atoms with van der Waals surface area (Å²) in [5.74, 6) is 2.64. The molecule has 0 atom stereocenters. The van der Waals surface area contributed by atoms with Crippen molar-refractivity contribution < 1.29 is 14.2 Å². The van der Waals surface area contributed by atoms with Crippen molar-refractivity contribution in [1.29, 1.82) is 0 Å². The van der Waals surface area contributed by atoms with Crippen molar-refractivity contribution in [2.45, 2.75) is 26.7 Å². The zero-order valence-corrected chi connectivity index (χ0v) is 28.6. The van der Waals surface area contributed by atoms with E-state index in [9.17, 15) is 0 Å². The smallest absolute Gasteiger partial charge is 0.120 e. The van der Waals surface area contributed by atoms with Crippen LogP contribution in [0, 0.1) is 6.92 Å². The highest BCUT2D eigenvalue weighted by molar-refractivity contribution is 5.92. The first kappa shape index (κ1) is 32.5. The van der Waals surface area contributed by atoms with Crippen LogP contribution in [0.1, 0.15) is 22.3 Å². The van der Waals surface area contributed by atoms with E-state index in [0.717, 1.165) is 73.2 Å². The van der Waals surface area contributed by atoms with Crippen LogP contribution >= 0.6 is 0 Å². The number of piperazine rings is 1. The maximum Gasteiger partial charge on any atom is 0.120 e. The number of ether oxygens (including phenoxy) is 3. The zero-order valence-electron chi connectivity index (χ0n) is 28.6. The van der Waals surface area contributed by atoms with Crippen LogP contribution in [0.5, 0.6) is 17.2 Å². The average Bonchev–Trinajstić information content (AvgIpc) is 3.42. The predicted molar refractivity (Wildman–Crippen MR) is 199 cm³/mol. The van der Waals surface area contributed by atoms with Gasteiger partial charge in [-0.3, -0.25) is 4.90 Å². The van der Waals surface area contributed by atoms with E-state index in [1.807, 2.05) is 36.4 Å². The molecule has 0 radical (unpaired) electrons. The highest BCUT2D eigenvalue weighted by Crippen LogP contribution is 2.37. The molecule has 6 heteroatoms. The molecule has 7 rings (SSSR count). The molecule has 0 N–H and O–H groups in total. The van der Waals surface area contributed by atoms with Gasteiger partial charge in [0.25, 0.3) is 0 Å². The molecule has 0 aliphatic carbocycles. The molecule has 250 valence electrons. The lowest BCUT2D eigenvalue weighted by atomic mass is 10.1. The van der Waals surface area contributed by atoms with Crippen molar-refractivity contribution in [2.75, 3.05) is 46.4 Å². The zero-order chi connectivity index (χ0) is 33.4. The van der Waals surface area contributed by atoms with E-state index in [2.05, 4.69) is 119 Å². The molecule has 49 heavy (non-hydrogen) atoms. The molecular weight excluding hydrogens is 606 g/mol. The molecular formula is C43H45N3O3. The number of rotatable bonds is 13. The van der Waals surface area contributed by atoms with Crippen molar-refractivity contribution in [3.05, 3.63) is 150 Å². The van der Waals surface area contributed by atoms with Gasteiger partial charge in [0.2, 0.25) is 0 Å². The van der Waals surface area contributed by atoms with E-state index in [1.54, 1.807) is 0 Å². The van der Waals surface area contributed by atoms with Crippen LogP contribution < -0.4 is 14.2 Å². The van der Waals surface area contributed by atoms with E-state index in [1.165, 1.54) is 27.7 Å². The van der Waals surface area contributed by atoms with Crippen molar-refractivity contribution in [3.63, 3.8) is 0 Å².